The minimum absolute atomic E-state index is 0.725. The van der Waals surface area contributed by atoms with E-state index in [4.69, 9.17) is 0 Å². The molecular formula is C11H17N3S. The fraction of sp³-hybridized carbons (Fsp3) is 0.364. The van der Waals surface area contributed by atoms with Gasteiger partial charge in [-0.2, -0.15) is 0 Å². The highest BCUT2D eigenvalue weighted by Crippen LogP contribution is 2.14. The van der Waals surface area contributed by atoms with Gasteiger partial charge in [0.25, 0.3) is 0 Å². The van der Waals surface area contributed by atoms with E-state index in [1.54, 1.807) is 18.4 Å². The standard InChI is InChI=1S/C11H17N3S/c1-4-7-13-11(12-3)14-8-10-6-5-9(2)15-10/h4-6H,1,7-8H2,2-3H3,(H2,12,13,14). The molecule has 1 rings (SSSR count). The van der Waals surface area contributed by atoms with Crippen molar-refractivity contribution in [2.24, 2.45) is 4.99 Å². The van der Waals surface area contributed by atoms with Gasteiger partial charge in [0.15, 0.2) is 5.96 Å². The number of aliphatic imine (C=N–C) groups is 1. The van der Waals surface area contributed by atoms with E-state index in [0.717, 1.165) is 19.0 Å². The monoisotopic (exact) mass is 223 g/mol. The van der Waals surface area contributed by atoms with Crippen LogP contribution in [0.15, 0.2) is 29.8 Å². The summed E-state index contributed by atoms with van der Waals surface area (Å²) in [6, 6.07) is 4.26. The van der Waals surface area contributed by atoms with Gasteiger partial charge in [-0.1, -0.05) is 6.08 Å². The van der Waals surface area contributed by atoms with Crippen molar-refractivity contribution in [1.29, 1.82) is 0 Å². The Morgan fingerprint density at radius 1 is 1.53 bits per heavy atom. The first kappa shape index (κ1) is 11.8. The average Bonchev–Trinajstić information content (AvgIpc) is 2.65. The fourth-order valence-electron chi connectivity index (χ4n) is 1.14. The van der Waals surface area contributed by atoms with Crippen LogP contribution in [-0.4, -0.2) is 19.6 Å². The zero-order chi connectivity index (χ0) is 11.1. The molecule has 0 aromatic carbocycles. The third-order valence-electron chi connectivity index (χ3n) is 1.86. The Kier molecular flexibility index (Phi) is 4.90. The van der Waals surface area contributed by atoms with Gasteiger partial charge in [0, 0.05) is 23.3 Å². The van der Waals surface area contributed by atoms with Crippen molar-refractivity contribution in [1.82, 2.24) is 10.6 Å². The lowest BCUT2D eigenvalue weighted by atomic mass is 10.4. The van der Waals surface area contributed by atoms with Crippen molar-refractivity contribution >= 4 is 17.3 Å². The van der Waals surface area contributed by atoms with Crippen LogP contribution >= 0.6 is 11.3 Å². The summed E-state index contributed by atoms with van der Waals surface area (Å²) in [4.78, 5) is 6.75. The van der Waals surface area contributed by atoms with Crippen LogP contribution in [0.25, 0.3) is 0 Å². The predicted molar refractivity (Wildman–Crippen MR) is 67.5 cm³/mol. The second-order valence-electron chi connectivity index (χ2n) is 3.11. The lowest BCUT2D eigenvalue weighted by molar-refractivity contribution is 0.858. The van der Waals surface area contributed by atoms with E-state index < -0.39 is 0 Å². The van der Waals surface area contributed by atoms with E-state index in [2.05, 4.69) is 41.3 Å². The summed E-state index contributed by atoms with van der Waals surface area (Å²) >= 11 is 1.80. The molecule has 0 saturated heterocycles. The van der Waals surface area contributed by atoms with Gasteiger partial charge in [-0.05, 0) is 19.1 Å². The third-order valence-corrected chi connectivity index (χ3v) is 2.86. The van der Waals surface area contributed by atoms with Crippen molar-refractivity contribution in [3.05, 3.63) is 34.5 Å². The summed E-state index contributed by atoms with van der Waals surface area (Å²) in [6.07, 6.45) is 1.81. The quantitative estimate of drug-likeness (QED) is 0.465. The number of guanidine groups is 1. The van der Waals surface area contributed by atoms with Crippen LogP contribution in [0, 0.1) is 6.92 Å². The zero-order valence-electron chi connectivity index (χ0n) is 9.21. The molecule has 1 aromatic rings. The highest BCUT2D eigenvalue weighted by atomic mass is 32.1. The Hall–Kier alpha value is -1.29. The Balaban J connectivity index is 2.37. The van der Waals surface area contributed by atoms with E-state index in [-0.39, 0.29) is 0 Å². The Morgan fingerprint density at radius 2 is 2.33 bits per heavy atom. The van der Waals surface area contributed by atoms with Gasteiger partial charge < -0.3 is 10.6 Å². The van der Waals surface area contributed by atoms with Gasteiger partial charge in [0.2, 0.25) is 0 Å². The maximum Gasteiger partial charge on any atom is 0.191 e. The Labute approximate surface area is 94.9 Å². The van der Waals surface area contributed by atoms with Gasteiger partial charge >= 0.3 is 0 Å². The van der Waals surface area contributed by atoms with Gasteiger partial charge in [0.05, 0.1) is 6.54 Å². The molecule has 82 valence electrons. The lowest BCUT2D eigenvalue weighted by Crippen LogP contribution is -2.36. The number of rotatable bonds is 4. The highest BCUT2D eigenvalue weighted by molar-refractivity contribution is 7.11. The van der Waals surface area contributed by atoms with Crippen LogP contribution in [0.3, 0.4) is 0 Å². The maximum atomic E-state index is 4.10. The van der Waals surface area contributed by atoms with Gasteiger partial charge in [0.1, 0.15) is 0 Å². The molecule has 0 atom stereocenters. The number of thiophene rings is 1. The summed E-state index contributed by atoms with van der Waals surface area (Å²) in [5.41, 5.74) is 0. The van der Waals surface area contributed by atoms with Crippen LogP contribution in [0.1, 0.15) is 9.75 Å². The predicted octanol–water partition coefficient (Wildman–Crippen LogP) is 1.91. The van der Waals surface area contributed by atoms with Crippen LogP contribution in [-0.2, 0) is 6.54 Å². The first-order valence-corrected chi connectivity index (χ1v) is 5.68. The van der Waals surface area contributed by atoms with Crippen LogP contribution < -0.4 is 10.6 Å². The number of nitrogens with one attached hydrogen (secondary N) is 2. The second-order valence-corrected chi connectivity index (χ2v) is 4.48. The van der Waals surface area contributed by atoms with Crippen LogP contribution in [0.2, 0.25) is 0 Å². The summed E-state index contributed by atoms with van der Waals surface area (Å²) < 4.78 is 0. The topological polar surface area (TPSA) is 36.4 Å². The molecule has 15 heavy (non-hydrogen) atoms. The number of aryl methyl sites for hydroxylation is 1. The SMILES string of the molecule is C=CCNC(=NC)NCc1ccc(C)s1. The summed E-state index contributed by atoms with van der Waals surface area (Å²) in [7, 11) is 1.76. The van der Waals surface area contributed by atoms with Crippen LogP contribution in [0.5, 0.6) is 0 Å². The molecule has 0 amide bonds. The number of nitrogens with zero attached hydrogens (tertiary/aromatic N) is 1. The number of hydrogen-bond acceptors (Lipinski definition) is 2. The van der Waals surface area contributed by atoms with E-state index >= 15 is 0 Å². The third kappa shape index (κ3) is 4.16. The van der Waals surface area contributed by atoms with Crippen molar-refractivity contribution in [2.45, 2.75) is 13.5 Å². The van der Waals surface area contributed by atoms with Gasteiger partial charge in [-0.15, -0.1) is 17.9 Å². The molecule has 2 N–H and O–H groups in total. The fourth-order valence-corrected chi connectivity index (χ4v) is 1.97. The summed E-state index contributed by atoms with van der Waals surface area (Å²) in [6.45, 7) is 7.30. The molecule has 1 heterocycles. The average molecular weight is 223 g/mol. The molecule has 0 saturated carbocycles. The highest BCUT2D eigenvalue weighted by Gasteiger charge is 1.98. The smallest absolute Gasteiger partial charge is 0.191 e. The Morgan fingerprint density at radius 3 is 2.87 bits per heavy atom. The van der Waals surface area contributed by atoms with E-state index in [9.17, 15) is 0 Å². The molecule has 0 unspecified atom stereocenters. The first-order chi connectivity index (χ1) is 7.26. The van der Waals surface area contributed by atoms with Crippen molar-refractivity contribution < 1.29 is 0 Å². The molecule has 3 nitrogen and oxygen atoms in total. The minimum Gasteiger partial charge on any atom is -0.353 e. The maximum absolute atomic E-state index is 4.10. The second kappa shape index (κ2) is 6.24. The molecular weight excluding hydrogens is 206 g/mol. The molecule has 0 radical (unpaired) electrons. The molecule has 0 fully saturated rings. The van der Waals surface area contributed by atoms with E-state index in [1.807, 2.05) is 6.08 Å². The normalized spacial score (nSPS) is 11.2. The summed E-state index contributed by atoms with van der Waals surface area (Å²) in [5.74, 6) is 0.806. The molecule has 4 heteroatoms. The minimum atomic E-state index is 0.725. The van der Waals surface area contributed by atoms with Crippen LogP contribution in [0.4, 0.5) is 0 Å². The molecule has 0 aliphatic carbocycles. The summed E-state index contributed by atoms with van der Waals surface area (Å²) in [5, 5.41) is 6.36. The van der Waals surface area contributed by atoms with Crippen molar-refractivity contribution in [3.63, 3.8) is 0 Å². The van der Waals surface area contributed by atoms with Crippen molar-refractivity contribution in [3.8, 4) is 0 Å². The van der Waals surface area contributed by atoms with Gasteiger partial charge in [-0.3, -0.25) is 4.99 Å². The van der Waals surface area contributed by atoms with Crippen molar-refractivity contribution in [2.75, 3.05) is 13.6 Å². The molecule has 1 aromatic heterocycles. The van der Waals surface area contributed by atoms with E-state index in [1.165, 1.54) is 9.75 Å². The molecule has 0 bridgehead atoms. The largest absolute Gasteiger partial charge is 0.353 e. The first-order valence-electron chi connectivity index (χ1n) is 4.87. The zero-order valence-corrected chi connectivity index (χ0v) is 10.0. The Bertz CT molecular complexity index is 341. The molecule has 0 spiro atoms. The molecule has 0 aliphatic rings. The van der Waals surface area contributed by atoms with E-state index in [0.29, 0.717) is 0 Å². The number of hydrogen-bond donors (Lipinski definition) is 2. The van der Waals surface area contributed by atoms with Gasteiger partial charge in [-0.25, -0.2) is 0 Å². The molecule has 0 aliphatic heterocycles. The lowest BCUT2D eigenvalue weighted by Gasteiger charge is -2.08.